The number of carboxylic acid groups (broad SMARTS) is 1. The lowest BCUT2D eigenvalue weighted by molar-refractivity contribution is -0.138. The summed E-state index contributed by atoms with van der Waals surface area (Å²) in [6.45, 7) is 15.0. The molecule has 2 N–H and O–H groups in total. The fraction of sp³-hybridized carbons (Fsp3) is 0.444. The molecular formula is C36H48N2O4S. The quantitative estimate of drug-likeness (QED) is 0.191. The van der Waals surface area contributed by atoms with Crippen LogP contribution >= 0.6 is 11.8 Å². The molecule has 0 aliphatic rings. The van der Waals surface area contributed by atoms with Crippen molar-refractivity contribution in [1.82, 2.24) is 5.32 Å². The van der Waals surface area contributed by atoms with Crippen molar-refractivity contribution >= 4 is 29.5 Å². The minimum Gasteiger partial charge on any atom is -0.480 e. The predicted molar refractivity (Wildman–Crippen MR) is 180 cm³/mol. The number of nitrogens with one attached hydrogen (secondary N) is 1. The molecule has 0 saturated heterocycles. The largest absolute Gasteiger partial charge is 0.480 e. The highest BCUT2D eigenvalue weighted by Crippen LogP contribution is 2.28. The second-order valence-corrected chi connectivity index (χ2v) is 13.3. The minimum absolute atomic E-state index is 0.241. The summed E-state index contributed by atoms with van der Waals surface area (Å²) in [6, 6.07) is 25.5. The molecule has 0 fully saturated rings. The highest BCUT2D eigenvalue weighted by atomic mass is 32.2. The molecule has 7 heteroatoms. The summed E-state index contributed by atoms with van der Waals surface area (Å²) < 4.78 is 5.20. The number of amides is 1. The van der Waals surface area contributed by atoms with Crippen molar-refractivity contribution in [1.29, 1.82) is 0 Å². The van der Waals surface area contributed by atoms with Crippen molar-refractivity contribution in [3.05, 3.63) is 89.5 Å². The van der Waals surface area contributed by atoms with E-state index in [-0.39, 0.29) is 5.75 Å². The maximum absolute atomic E-state index is 12.0. The monoisotopic (exact) mass is 604 g/mol. The van der Waals surface area contributed by atoms with Gasteiger partial charge in [-0.25, -0.2) is 9.59 Å². The van der Waals surface area contributed by atoms with Crippen molar-refractivity contribution < 1.29 is 19.4 Å². The standard InChI is InChI=1S/C36H48N2O4S/c1-8-28(9-2)29-17-19-32(20-18-29)38(25(3)4)22-27-11-10-12-31(21-27)30-15-13-26(14-16-30)23-43-24-33(34(39)40)37-35(41)42-36(5,6)7/h10-21,25,28,33H,8-9,22-24H2,1-7H3,(H,37,41)(H,39,40). The normalized spacial score (nSPS) is 12.3. The van der Waals surface area contributed by atoms with Crippen LogP contribution in [0.1, 0.15) is 83.9 Å². The second-order valence-electron chi connectivity index (χ2n) is 12.3. The summed E-state index contributed by atoms with van der Waals surface area (Å²) in [5.74, 6) is 0.416. The first-order valence-electron chi connectivity index (χ1n) is 15.2. The van der Waals surface area contributed by atoms with E-state index in [2.05, 4.69) is 111 Å². The highest BCUT2D eigenvalue weighted by Gasteiger charge is 2.24. The summed E-state index contributed by atoms with van der Waals surface area (Å²) >= 11 is 1.46. The summed E-state index contributed by atoms with van der Waals surface area (Å²) in [4.78, 5) is 26.1. The Labute approximate surface area is 262 Å². The first kappa shape index (κ1) is 34.0. The van der Waals surface area contributed by atoms with Gasteiger partial charge < -0.3 is 20.1 Å². The molecule has 43 heavy (non-hydrogen) atoms. The summed E-state index contributed by atoms with van der Waals surface area (Å²) in [7, 11) is 0. The SMILES string of the molecule is CCC(CC)c1ccc(N(Cc2cccc(-c3ccc(CSCC(NC(=O)OC(C)(C)C)C(=O)O)cc3)c2)C(C)C)cc1. The van der Waals surface area contributed by atoms with Crippen LogP contribution in [-0.4, -0.2) is 40.6 Å². The van der Waals surface area contributed by atoms with Crippen LogP contribution in [0.2, 0.25) is 0 Å². The van der Waals surface area contributed by atoms with Crippen LogP contribution in [0.15, 0.2) is 72.8 Å². The molecule has 0 spiro atoms. The van der Waals surface area contributed by atoms with E-state index < -0.39 is 23.7 Å². The molecule has 1 amide bonds. The molecular weight excluding hydrogens is 556 g/mol. The van der Waals surface area contributed by atoms with Gasteiger partial charge in [-0.2, -0.15) is 11.8 Å². The van der Waals surface area contributed by atoms with Crippen molar-refractivity contribution in [2.75, 3.05) is 10.7 Å². The molecule has 0 saturated carbocycles. The minimum atomic E-state index is -1.08. The van der Waals surface area contributed by atoms with E-state index in [1.165, 1.54) is 28.6 Å². The molecule has 3 aromatic rings. The molecule has 1 atom stereocenters. The molecule has 1 unspecified atom stereocenters. The number of aliphatic carboxylic acids is 1. The summed E-state index contributed by atoms with van der Waals surface area (Å²) in [5, 5.41) is 12.0. The number of rotatable bonds is 14. The van der Waals surface area contributed by atoms with E-state index in [1.807, 2.05) is 0 Å². The van der Waals surface area contributed by atoms with Gasteiger partial charge in [0.05, 0.1) is 0 Å². The molecule has 0 aliphatic carbocycles. The molecule has 0 aliphatic heterocycles. The third kappa shape index (κ3) is 10.6. The van der Waals surface area contributed by atoms with Gasteiger partial charge in [-0.15, -0.1) is 0 Å². The maximum atomic E-state index is 12.0. The van der Waals surface area contributed by atoms with Gasteiger partial charge in [0, 0.05) is 29.8 Å². The van der Waals surface area contributed by atoms with Crippen LogP contribution in [0.25, 0.3) is 11.1 Å². The van der Waals surface area contributed by atoms with E-state index in [4.69, 9.17) is 4.74 Å². The molecule has 3 rings (SSSR count). The van der Waals surface area contributed by atoms with Crippen LogP contribution in [0.3, 0.4) is 0 Å². The molecule has 6 nitrogen and oxygen atoms in total. The first-order chi connectivity index (χ1) is 20.4. The lowest BCUT2D eigenvalue weighted by Crippen LogP contribution is -2.44. The Balaban J connectivity index is 1.62. The number of carbonyl (C=O) groups excluding carboxylic acids is 1. The molecule has 0 radical (unpaired) electrons. The van der Waals surface area contributed by atoms with Gasteiger partial charge in [-0.05, 0) is 99.4 Å². The van der Waals surface area contributed by atoms with Crippen molar-refractivity contribution in [3.63, 3.8) is 0 Å². The average molecular weight is 605 g/mol. The van der Waals surface area contributed by atoms with E-state index in [0.717, 1.165) is 36.1 Å². The van der Waals surface area contributed by atoms with E-state index >= 15 is 0 Å². The molecule has 3 aromatic carbocycles. The van der Waals surface area contributed by atoms with Crippen LogP contribution in [-0.2, 0) is 21.8 Å². The fourth-order valence-electron chi connectivity index (χ4n) is 5.03. The maximum Gasteiger partial charge on any atom is 0.408 e. The number of alkyl carbamates (subject to hydrolysis) is 1. The van der Waals surface area contributed by atoms with Gasteiger partial charge in [-0.3, -0.25) is 0 Å². The number of carboxylic acids is 1. The second kappa shape index (κ2) is 15.9. The third-order valence-corrected chi connectivity index (χ3v) is 8.52. The lowest BCUT2D eigenvalue weighted by atomic mass is 9.94. The highest BCUT2D eigenvalue weighted by molar-refractivity contribution is 7.98. The Kier molecular flexibility index (Phi) is 12.6. The number of thioether (sulfide) groups is 1. The third-order valence-electron chi connectivity index (χ3n) is 7.41. The molecule has 0 heterocycles. The zero-order valence-corrected chi connectivity index (χ0v) is 27.5. The topological polar surface area (TPSA) is 78.9 Å². The summed E-state index contributed by atoms with van der Waals surface area (Å²) in [5.41, 5.74) is 6.62. The number of carbonyl (C=O) groups is 2. The zero-order chi connectivity index (χ0) is 31.6. The Morgan fingerprint density at radius 1 is 0.907 bits per heavy atom. The number of benzene rings is 3. The van der Waals surface area contributed by atoms with Gasteiger partial charge in [0.1, 0.15) is 11.6 Å². The van der Waals surface area contributed by atoms with Gasteiger partial charge in [0.15, 0.2) is 0 Å². The van der Waals surface area contributed by atoms with Crippen LogP contribution in [0, 0.1) is 0 Å². The van der Waals surface area contributed by atoms with Crippen molar-refractivity contribution in [2.45, 2.75) is 97.2 Å². The smallest absolute Gasteiger partial charge is 0.408 e. The number of hydrogen-bond acceptors (Lipinski definition) is 5. The predicted octanol–water partition coefficient (Wildman–Crippen LogP) is 8.88. The zero-order valence-electron chi connectivity index (χ0n) is 26.7. The van der Waals surface area contributed by atoms with Gasteiger partial charge in [-0.1, -0.05) is 68.4 Å². The van der Waals surface area contributed by atoms with E-state index in [1.54, 1.807) is 20.8 Å². The number of anilines is 1. The van der Waals surface area contributed by atoms with Gasteiger partial charge >= 0.3 is 12.1 Å². The summed E-state index contributed by atoms with van der Waals surface area (Å²) in [6.07, 6.45) is 1.60. The molecule has 0 aromatic heterocycles. The molecule has 0 bridgehead atoms. The number of hydrogen-bond donors (Lipinski definition) is 2. The number of nitrogens with zero attached hydrogens (tertiary/aromatic N) is 1. The average Bonchev–Trinajstić information content (AvgIpc) is 2.96. The Morgan fingerprint density at radius 3 is 2.12 bits per heavy atom. The first-order valence-corrected chi connectivity index (χ1v) is 16.4. The Morgan fingerprint density at radius 2 is 1.56 bits per heavy atom. The van der Waals surface area contributed by atoms with E-state index in [0.29, 0.717) is 17.7 Å². The van der Waals surface area contributed by atoms with E-state index in [9.17, 15) is 14.7 Å². The van der Waals surface area contributed by atoms with Gasteiger partial charge in [0.25, 0.3) is 0 Å². The van der Waals surface area contributed by atoms with Crippen LogP contribution < -0.4 is 10.2 Å². The van der Waals surface area contributed by atoms with Gasteiger partial charge in [0.2, 0.25) is 0 Å². The Hall–Kier alpha value is -3.45. The fourth-order valence-corrected chi connectivity index (χ4v) is 6.04. The molecule has 232 valence electrons. The number of ether oxygens (including phenoxy) is 1. The van der Waals surface area contributed by atoms with Crippen molar-refractivity contribution in [2.24, 2.45) is 0 Å². The van der Waals surface area contributed by atoms with Crippen LogP contribution in [0.4, 0.5) is 10.5 Å². The lowest BCUT2D eigenvalue weighted by Gasteiger charge is -2.30. The van der Waals surface area contributed by atoms with Crippen LogP contribution in [0.5, 0.6) is 0 Å². The Bertz CT molecular complexity index is 1310. The van der Waals surface area contributed by atoms with Crippen molar-refractivity contribution in [3.8, 4) is 11.1 Å².